The van der Waals surface area contributed by atoms with Gasteiger partial charge >= 0.3 is 12.1 Å². The first-order valence-corrected chi connectivity index (χ1v) is 5.12. The van der Waals surface area contributed by atoms with Crippen LogP contribution in [0.5, 0.6) is 0 Å². The van der Waals surface area contributed by atoms with Gasteiger partial charge in [0.15, 0.2) is 0 Å². The van der Waals surface area contributed by atoms with E-state index >= 15 is 0 Å². The van der Waals surface area contributed by atoms with Crippen LogP contribution in [0.2, 0.25) is 0 Å². The Morgan fingerprint density at radius 1 is 1.07 bits per heavy atom. The standard InChI is InChI=1S/C8H14F5NS/c1-6(2,3)15-5(4-14)7(9,10)8(11,12)13/h5H,4,14H2,1-3H3. The summed E-state index contributed by atoms with van der Waals surface area (Å²) in [5.74, 6) is -4.75. The molecule has 0 aliphatic rings. The zero-order valence-electron chi connectivity index (χ0n) is 8.66. The molecule has 0 fully saturated rings. The van der Waals surface area contributed by atoms with Crippen LogP contribution in [0.4, 0.5) is 22.0 Å². The van der Waals surface area contributed by atoms with E-state index in [1.165, 1.54) is 0 Å². The Balaban J connectivity index is 4.82. The second kappa shape index (κ2) is 4.45. The topological polar surface area (TPSA) is 26.0 Å². The Morgan fingerprint density at radius 3 is 1.67 bits per heavy atom. The molecular weight excluding hydrogens is 237 g/mol. The molecule has 0 aromatic carbocycles. The fourth-order valence-corrected chi connectivity index (χ4v) is 2.11. The van der Waals surface area contributed by atoms with Crippen molar-refractivity contribution >= 4 is 11.8 Å². The van der Waals surface area contributed by atoms with Gasteiger partial charge in [-0.15, -0.1) is 11.8 Å². The summed E-state index contributed by atoms with van der Waals surface area (Å²) < 4.78 is 61.2. The molecule has 0 heterocycles. The molecule has 15 heavy (non-hydrogen) atoms. The predicted octanol–water partition coefficient (Wildman–Crippen LogP) is 3.04. The first-order valence-electron chi connectivity index (χ1n) is 4.24. The average molecular weight is 251 g/mol. The Morgan fingerprint density at radius 2 is 1.47 bits per heavy atom. The number of thioether (sulfide) groups is 1. The highest BCUT2D eigenvalue weighted by molar-refractivity contribution is 8.01. The molecule has 0 aromatic heterocycles. The van der Waals surface area contributed by atoms with Crippen LogP contribution < -0.4 is 5.73 Å². The first-order chi connectivity index (χ1) is 6.42. The van der Waals surface area contributed by atoms with Crippen LogP contribution in [0, 0.1) is 0 Å². The lowest BCUT2D eigenvalue weighted by atomic mass is 10.2. The molecule has 1 unspecified atom stereocenters. The van der Waals surface area contributed by atoms with Gasteiger partial charge in [0.05, 0.1) is 5.25 Å². The fourth-order valence-electron chi connectivity index (χ4n) is 0.879. The maximum Gasteiger partial charge on any atom is 0.454 e. The highest BCUT2D eigenvalue weighted by atomic mass is 32.2. The first kappa shape index (κ1) is 15.0. The molecule has 0 saturated carbocycles. The summed E-state index contributed by atoms with van der Waals surface area (Å²) in [6, 6.07) is 0. The highest BCUT2D eigenvalue weighted by Crippen LogP contribution is 2.45. The van der Waals surface area contributed by atoms with Gasteiger partial charge in [-0.05, 0) is 0 Å². The van der Waals surface area contributed by atoms with Crippen LogP contribution >= 0.6 is 11.8 Å². The minimum atomic E-state index is -5.55. The molecule has 0 amide bonds. The van der Waals surface area contributed by atoms with E-state index in [0.29, 0.717) is 11.8 Å². The van der Waals surface area contributed by atoms with E-state index in [1.807, 2.05) is 0 Å². The molecule has 0 radical (unpaired) electrons. The van der Waals surface area contributed by atoms with Gasteiger partial charge < -0.3 is 5.73 Å². The van der Waals surface area contributed by atoms with Crippen LogP contribution in [0.1, 0.15) is 20.8 Å². The van der Waals surface area contributed by atoms with Gasteiger partial charge in [-0.25, -0.2) is 0 Å². The SMILES string of the molecule is CC(C)(C)SC(CN)C(F)(F)C(F)(F)F. The molecule has 1 nitrogen and oxygen atoms in total. The lowest BCUT2D eigenvalue weighted by Gasteiger charge is -2.31. The van der Waals surface area contributed by atoms with Crippen molar-refractivity contribution in [1.29, 1.82) is 0 Å². The van der Waals surface area contributed by atoms with Gasteiger partial charge in [0, 0.05) is 11.3 Å². The zero-order chi connectivity index (χ0) is 12.5. The molecule has 0 bridgehead atoms. The quantitative estimate of drug-likeness (QED) is 0.780. The molecule has 0 spiro atoms. The summed E-state index contributed by atoms with van der Waals surface area (Å²) in [5.41, 5.74) is 4.96. The third kappa shape index (κ3) is 4.14. The minimum absolute atomic E-state index is 0.541. The maximum atomic E-state index is 12.9. The molecule has 0 aliphatic heterocycles. The molecule has 2 N–H and O–H groups in total. The largest absolute Gasteiger partial charge is 0.454 e. The Hall–Kier alpha value is -0.0400. The van der Waals surface area contributed by atoms with Crippen molar-refractivity contribution in [2.24, 2.45) is 5.73 Å². The van der Waals surface area contributed by atoms with Crippen LogP contribution in [0.3, 0.4) is 0 Å². The highest BCUT2D eigenvalue weighted by Gasteiger charge is 2.62. The summed E-state index contributed by atoms with van der Waals surface area (Å²) in [5, 5.41) is -1.95. The van der Waals surface area contributed by atoms with Crippen molar-refractivity contribution in [3.63, 3.8) is 0 Å². The van der Waals surface area contributed by atoms with Gasteiger partial charge in [-0.1, -0.05) is 20.8 Å². The average Bonchev–Trinajstić information content (AvgIpc) is 1.95. The van der Waals surface area contributed by atoms with Gasteiger partial charge in [0.25, 0.3) is 0 Å². The Kier molecular flexibility index (Phi) is 4.44. The van der Waals surface area contributed by atoms with Gasteiger partial charge in [0.1, 0.15) is 0 Å². The molecule has 1 atom stereocenters. The van der Waals surface area contributed by atoms with Crippen molar-refractivity contribution in [1.82, 2.24) is 0 Å². The van der Waals surface area contributed by atoms with Crippen molar-refractivity contribution in [3.8, 4) is 0 Å². The summed E-state index contributed by atoms with van der Waals surface area (Å²) in [4.78, 5) is 0. The van der Waals surface area contributed by atoms with Crippen molar-refractivity contribution in [3.05, 3.63) is 0 Å². The van der Waals surface area contributed by atoms with Crippen LogP contribution in [-0.2, 0) is 0 Å². The molecule has 0 aliphatic carbocycles. The van der Waals surface area contributed by atoms with Gasteiger partial charge in [-0.2, -0.15) is 22.0 Å². The van der Waals surface area contributed by atoms with E-state index in [9.17, 15) is 22.0 Å². The summed E-state index contributed by atoms with van der Waals surface area (Å²) in [6.07, 6.45) is -5.55. The number of hydrogen-bond acceptors (Lipinski definition) is 2. The van der Waals surface area contributed by atoms with E-state index in [1.54, 1.807) is 20.8 Å². The van der Waals surface area contributed by atoms with Crippen molar-refractivity contribution in [2.75, 3.05) is 6.54 Å². The lowest BCUT2D eigenvalue weighted by Crippen LogP contribution is -2.49. The molecular formula is C8H14F5NS. The summed E-state index contributed by atoms with van der Waals surface area (Å²) >= 11 is 0.541. The third-order valence-corrected chi connectivity index (χ3v) is 2.97. The van der Waals surface area contributed by atoms with Crippen molar-refractivity contribution < 1.29 is 22.0 Å². The van der Waals surface area contributed by atoms with E-state index in [0.717, 1.165) is 0 Å². The van der Waals surface area contributed by atoms with Crippen molar-refractivity contribution in [2.45, 2.75) is 42.9 Å². The van der Waals surface area contributed by atoms with E-state index in [2.05, 4.69) is 0 Å². The third-order valence-electron chi connectivity index (χ3n) is 1.49. The van der Waals surface area contributed by atoms with E-state index < -0.39 is 28.6 Å². The molecule has 0 saturated heterocycles. The van der Waals surface area contributed by atoms with E-state index in [-0.39, 0.29) is 0 Å². The second-order valence-corrected chi connectivity index (χ2v) is 6.10. The smallest absolute Gasteiger partial charge is 0.329 e. The zero-order valence-corrected chi connectivity index (χ0v) is 9.48. The number of hydrogen-bond donors (Lipinski definition) is 1. The summed E-state index contributed by atoms with van der Waals surface area (Å²) in [6.45, 7) is 3.97. The monoisotopic (exact) mass is 251 g/mol. The van der Waals surface area contributed by atoms with E-state index in [4.69, 9.17) is 5.73 Å². The number of halogens is 5. The molecule has 0 rings (SSSR count). The molecule has 0 aromatic rings. The number of alkyl halides is 5. The van der Waals surface area contributed by atoms with Crippen LogP contribution in [-0.4, -0.2) is 28.6 Å². The minimum Gasteiger partial charge on any atom is -0.329 e. The fraction of sp³-hybridized carbons (Fsp3) is 1.00. The number of nitrogens with two attached hydrogens (primary N) is 1. The Bertz CT molecular complexity index is 208. The number of rotatable bonds is 3. The lowest BCUT2D eigenvalue weighted by molar-refractivity contribution is -0.280. The molecule has 7 heteroatoms. The van der Waals surface area contributed by atoms with Gasteiger partial charge in [0.2, 0.25) is 0 Å². The van der Waals surface area contributed by atoms with Crippen LogP contribution in [0.25, 0.3) is 0 Å². The normalized spacial score (nSPS) is 16.6. The predicted molar refractivity (Wildman–Crippen MR) is 51.2 cm³/mol. The van der Waals surface area contributed by atoms with Crippen LogP contribution in [0.15, 0.2) is 0 Å². The van der Waals surface area contributed by atoms with Gasteiger partial charge in [-0.3, -0.25) is 0 Å². The Labute approximate surface area is 89.6 Å². The molecule has 92 valence electrons. The maximum absolute atomic E-state index is 12.9. The second-order valence-electron chi connectivity index (χ2n) is 4.08. The summed E-state index contributed by atoms with van der Waals surface area (Å²) in [7, 11) is 0.